The first-order valence-electron chi connectivity index (χ1n) is 7.05. The van der Waals surface area contributed by atoms with Gasteiger partial charge in [-0.2, -0.15) is 0 Å². The summed E-state index contributed by atoms with van der Waals surface area (Å²) in [5.41, 5.74) is 0.175. The van der Waals surface area contributed by atoms with Gasteiger partial charge in [-0.15, -0.1) is 0 Å². The van der Waals surface area contributed by atoms with Crippen molar-refractivity contribution < 1.29 is 23.2 Å². The maximum Gasteiger partial charge on any atom is 0.323 e. The van der Waals surface area contributed by atoms with Crippen LogP contribution in [0.2, 0.25) is 10.0 Å². The summed E-state index contributed by atoms with van der Waals surface area (Å²) in [4.78, 5) is 16.2. The van der Waals surface area contributed by atoms with Crippen molar-refractivity contribution in [1.29, 1.82) is 0 Å². The zero-order chi connectivity index (χ0) is 19.5. The highest BCUT2D eigenvalue weighted by Gasteiger charge is 2.29. The van der Waals surface area contributed by atoms with Crippen LogP contribution in [0, 0.1) is 0 Å². The molecule has 0 radical (unpaired) electrons. The number of carbonyl (C=O) groups excluding carboxylic acids is 1. The number of hydrogen-bond acceptors (Lipinski definition) is 5. The van der Waals surface area contributed by atoms with E-state index < -0.39 is 26.7 Å². The maximum absolute atomic E-state index is 12.4. The monoisotopic (exact) mass is 419 g/mol. The summed E-state index contributed by atoms with van der Waals surface area (Å²) < 4.78 is 25.3. The first-order valence-corrected chi connectivity index (χ1v) is 9.25. The molecule has 0 heterocycles. The van der Waals surface area contributed by atoms with Crippen LogP contribution in [-0.4, -0.2) is 38.2 Å². The molecule has 0 aliphatic carbocycles. The molecule has 0 bridgehead atoms. The number of rotatable bonds is 5. The fourth-order valence-corrected chi connectivity index (χ4v) is 3.71. The molecule has 0 unspecified atom stereocenters. The molecule has 0 aliphatic rings. The van der Waals surface area contributed by atoms with Gasteiger partial charge in [-0.1, -0.05) is 39.8 Å². The van der Waals surface area contributed by atoms with Crippen molar-refractivity contribution in [2.75, 3.05) is 24.8 Å². The van der Waals surface area contributed by atoms with Crippen LogP contribution in [0.5, 0.6) is 5.75 Å². The van der Waals surface area contributed by atoms with E-state index in [0.717, 1.165) is 14.2 Å². The molecule has 0 aromatic heterocycles. The Balaban J connectivity index is 2.33. The van der Waals surface area contributed by atoms with Gasteiger partial charge in [0, 0.05) is 7.05 Å². The molecule has 2 aromatic carbocycles. The second kappa shape index (κ2) is 8.11. The van der Waals surface area contributed by atoms with Crippen molar-refractivity contribution in [3.05, 3.63) is 46.4 Å². The molecule has 8 nitrogen and oxygen atoms in total. The molecule has 0 atom stereocenters. The third-order valence-electron chi connectivity index (χ3n) is 3.31. The third kappa shape index (κ3) is 4.19. The van der Waals surface area contributed by atoms with Crippen molar-refractivity contribution in [3.63, 3.8) is 0 Å². The van der Waals surface area contributed by atoms with Crippen LogP contribution in [0.4, 0.5) is 16.2 Å². The van der Waals surface area contributed by atoms with Crippen molar-refractivity contribution in [3.8, 4) is 5.75 Å². The quantitative estimate of drug-likeness (QED) is 0.507. The number of aromatic hydroxyl groups is 1. The minimum atomic E-state index is -4.24. The molecule has 0 saturated heterocycles. The highest BCUT2D eigenvalue weighted by molar-refractivity contribution is 7.89. The number of hydrogen-bond donors (Lipinski definition) is 3. The molecule has 11 heteroatoms. The second-order valence-corrected chi connectivity index (χ2v) is 7.62. The molecule has 140 valence electrons. The van der Waals surface area contributed by atoms with Crippen LogP contribution in [-0.2, 0) is 14.9 Å². The lowest BCUT2D eigenvalue weighted by Crippen LogP contribution is -2.26. The maximum atomic E-state index is 12.4. The number of phenols is 1. The Kier molecular flexibility index (Phi) is 6.32. The lowest BCUT2D eigenvalue weighted by atomic mass is 10.3. The number of nitrogens with zero attached hydrogens (tertiary/aromatic N) is 1. The predicted molar refractivity (Wildman–Crippen MR) is 99.2 cm³/mol. The summed E-state index contributed by atoms with van der Waals surface area (Å²) >= 11 is 11.9. The topological polar surface area (TPSA) is 108 Å². The molecule has 2 aromatic rings. The fourth-order valence-electron chi connectivity index (χ4n) is 1.96. The van der Waals surface area contributed by atoms with Gasteiger partial charge >= 0.3 is 6.03 Å². The Bertz CT molecular complexity index is 937. The number of sulfonamides is 1. The first kappa shape index (κ1) is 20.3. The van der Waals surface area contributed by atoms with Gasteiger partial charge in [0.15, 0.2) is 5.75 Å². The normalized spacial score (nSPS) is 11.4. The van der Waals surface area contributed by atoms with Crippen LogP contribution in [0.15, 0.2) is 41.3 Å². The van der Waals surface area contributed by atoms with Crippen molar-refractivity contribution >= 4 is 50.6 Å². The van der Waals surface area contributed by atoms with Crippen LogP contribution < -0.4 is 10.6 Å². The minimum Gasteiger partial charge on any atom is -0.504 e. The number of carbonyl (C=O) groups is 1. The van der Waals surface area contributed by atoms with Gasteiger partial charge in [0.05, 0.1) is 28.5 Å². The molecule has 2 amide bonds. The molecule has 0 saturated carbocycles. The summed E-state index contributed by atoms with van der Waals surface area (Å²) in [7, 11) is -1.96. The average molecular weight is 420 g/mol. The Morgan fingerprint density at radius 2 is 1.69 bits per heavy atom. The van der Waals surface area contributed by atoms with Gasteiger partial charge in [-0.3, -0.25) is 4.84 Å². The molecule has 26 heavy (non-hydrogen) atoms. The number of anilines is 2. The van der Waals surface area contributed by atoms with Gasteiger partial charge in [-0.05, 0) is 24.3 Å². The van der Waals surface area contributed by atoms with Crippen molar-refractivity contribution in [2.45, 2.75) is 4.90 Å². The summed E-state index contributed by atoms with van der Waals surface area (Å²) in [6, 6.07) is 8.28. The number of amides is 2. The van der Waals surface area contributed by atoms with E-state index >= 15 is 0 Å². The number of urea groups is 1. The zero-order valence-electron chi connectivity index (χ0n) is 13.7. The lowest BCUT2D eigenvalue weighted by molar-refractivity contribution is -0.0259. The highest BCUT2D eigenvalue weighted by Crippen LogP contribution is 2.38. The van der Waals surface area contributed by atoms with E-state index in [2.05, 4.69) is 15.5 Å². The Morgan fingerprint density at radius 1 is 1.08 bits per heavy atom. The summed E-state index contributed by atoms with van der Waals surface area (Å²) in [6.07, 6.45) is 0. The number of halogens is 2. The van der Waals surface area contributed by atoms with Gasteiger partial charge in [0.2, 0.25) is 0 Å². The second-order valence-electron chi connectivity index (χ2n) is 4.93. The minimum absolute atomic E-state index is 0.165. The highest BCUT2D eigenvalue weighted by atomic mass is 35.5. The van der Waals surface area contributed by atoms with Crippen LogP contribution in [0.3, 0.4) is 0 Å². The van der Waals surface area contributed by atoms with E-state index in [1.54, 1.807) is 24.3 Å². The molecular weight excluding hydrogens is 405 g/mol. The van der Waals surface area contributed by atoms with Gasteiger partial charge in [0.1, 0.15) is 4.90 Å². The summed E-state index contributed by atoms with van der Waals surface area (Å²) in [6.45, 7) is 0. The number of para-hydroxylation sites is 1. The zero-order valence-corrected chi connectivity index (χ0v) is 16.0. The van der Waals surface area contributed by atoms with E-state index in [4.69, 9.17) is 23.2 Å². The number of phenolic OH excluding ortho intramolecular Hbond substituents is 1. The van der Waals surface area contributed by atoms with Crippen LogP contribution in [0.25, 0.3) is 0 Å². The molecule has 0 spiro atoms. The van der Waals surface area contributed by atoms with Gasteiger partial charge < -0.3 is 15.7 Å². The number of benzene rings is 2. The number of hydroxylamine groups is 1. The fraction of sp³-hybridized carbons (Fsp3) is 0.133. The molecule has 0 fully saturated rings. The van der Waals surface area contributed by atoms with Gasteiger partial charge in [-0.25, -0.2) is 13.2 Å². The standard InChI is InChI=1S/C15H15Cl2N3O5S/c1-20(25-2)26(23,24)14-10(17)7-8-12(13(14)21)19-15(22)18-11-6-4-3-5-9(11)16/h3-8,21H,1-2H3,(H2,18,19,22). The SMILES string of the molecule is CON(C)S(=O)(=O)c1c(Cl)ccc(NC(=O)Nc2ccccc2Cl)c1O. The van der Waals surface area contributed by atoms with E-state index in [1.165, 1.54) is 12.1 Å². The lowest BCUT2D eigenvalue weighted by Gasteiger charge is -2.18. The Labute approximate surface area is 160 Å². The molecule has 2 rings (SSSR count). The van der Waals surface area contributed by atoms with E-state index in [9.17, 15) is 18.3 Å². The van der Waals surface area contributed by atoms with Gasteiger partial charge in [0.25, 0.3) is 10.0 Å². The third-order valence-corrected chi connectivity index (χ3v) is 5.82. The first-order chi connectivity index (χ1) is 12.2. The van der Waals surface area contributed by atoms with Crippen molar-refractivity contribution in [2.24, 2.45) is 0 Å². The summed E-state index contributed by atoms with van der Waals surface area (Å²) in [5.74, 6) is -0.726. The smallest absolute Gasteiger partial charge is 0.323 e. The van der Waals surface area contributed by atoms with Crippen LogP contribution >= 0.6 is 23.2 Å². The predicted octanol–water partition coefficient (Wildman–Crippen LogP) is 3.52. The van der Waals surface area contributed by atoms with Crippen molar-refractivity contribution in [1.82, 2.24) is 4.47 Å². The molecular formula is C15H15Cl2N3O5S. The summed E-state index contributed by atoms with van der Waals surface area (Å²) in [5, 5.41) is 15.2. The molecule has 3 N–H and O–H groups in total. The molecule has 0 aliphatic heterocycles. The van der Waals surface area contributed by atoms with Crippen LogP contribution in [0.1, 0.15) is 0 Å². The number of nitrogens with one attached hydrogen (secondary N) is 2. The Morgan fingerprint density at radius 3 is 2.31 bits per heavy atom. The average Bonchev–Trinajstić information content (AvgIpc) is 2.58. The van der Waals surface area contributed by atoms with E-state index in [-0.39, 0.29) is 10.7 Å². The Hall–Kier alpha value is -2.04. The van der Waals surface area contributed by atoms with E-state index in [1.807, 2.05) is 0 Å². The largest absolute Gasteiger partial charge is 0.504 e. The van der Waals surface area contributed by atoms with E-state index in [0.29, 0.717) is 15.2 Å².